The zero-order chi connectivity index (χ0) is 29.3. The van der Waals surface area contributed by atoms with Gasteiger partial charge in [-0.15, -0.1) is 0 Å². The molecule has 0 fully saturated rings. The van der Waals surface area contributed by atoms with Crippen LogP contribution >= 0.6 is 0 Å². The van der Waals surface area contributed by atoms with E-state index in [0.717, 1.165) is 27.4 Å². The fourth-order valence-corrected chi connectivity index (χ4v) is 5.80. The number of nitrogens with one attached hydrogen (secondary N) is 1. The van der Waals surface area contributed by atoms with Crippen LogP contribution in [0.25, 0.3) is 0 Å². The van der Waals surface area contributed by atoms with Gasteiger partial charge in [-0.3, -0.25) is 13.9 Å². The van der Waals surface area contributed by atoms with Crippen molar-refractivity contribution in [2.75, 3.05) is 24.5 Å². The molecule has 0 bridgehead atoms. The summed E-state index contributed by atoms with van der Waals surface area (Å²) in [5, 5.41) is 2.85. The summed E-state index contributed by atoms with van der Waals surface area (Å²) in [6.45, 7) is 7.53. The van der Waals surface area contributed by atoms with Gasteiger partial charge in [0.1, 0.15) is 18.3 Å². The lowest BCUT2D eigenvalue weighted by molar-refractivity contribution is -0.139. The minimum Gasteiger partial charge on any atom is -0.497 e. The van der Waals surface area contributed by atoms with Crippen molar-refractivity contribution in [3.05, 3.63) is 89.5 Å². The molecule has 0 saturated carbocycles. The largest absolute Gasteiger partial charge is 0.497 e. The van der Waals surface area contributed by atoms with Crippen LogP contribution in [0.4, 0.5) is 5.69 Å². The highest BCUT2D eigenvalue weighted by Gasteiger charge is 2.33. The Balaban J connectivity index is 2.06. The smallest absolute Gasteiger partial charge is 0.264 e. The van der Waals surface area contributed by atoms with Crippen molar-refractivity contribution in [2.45, 2.75) is 58.0 Å². The summed E-state index contributed by atoms with van der Waals surface area (Å²) < 4.78 is 34.5. The molecular weight excluding hydrogens is 526 g/mol. The van der Waals surface area contributed by atoms with Crippen molar-refractivity contribution in [3.63, 3.8) is 0 Å². The maximum absolute atomic E-state index is 14.0. The van der Waals surface area contributed by atoms with Crippen LogP contribution < -0.4 is 14.4 Å². The van der Waals surface area contributed by atoms with E-state index in [1.54, 1.807) is 62.6 Å². The Hall–Kier alpha value is -3.85. The van der Waals surface area contributed by atoms with Crippen LogP contribution in [0.2, 0.25) is 0 Å². The van der Waals surface area contributed by atoms with Gasteiger partial charge in [0.15, 0.2) is 0 Å². The molecule has 0 heterocycles. The quantitative estimate of drug-likeness (QED) is 0.324. The lowest BCUT2D eigenvalue weighted by atomic mass is 10.1. The van der Waals surface area contributed by atoms with Gasteiger partial charge >= 0.3 is 0 Å². The number of para-hydroxylation sites is 1. The molecule has 1 N–H and O–H groups in total. The molecule has 2 amide bonds. The number of hydrogen-bond acceptors (Lipinski definition) is 5. The van der Waals surface area contributed by atoms with Gasteiger partial charge in [-0.25, -0.2) is 8.42 Å². The van der Waals surface area contributed by atoms with Crippen molar-refractivity contribution in [2.24, 2.45) is 0 Å². The average Bonchev–Trinajstić information content (AvgIpc) is 2.97. The summed E-state index contributed by atoms with van der Waals surface area (Å²) in [7, 11) is -2.55. The first-order valence-corrected chi connectivity index (χ1v) is 14.9. The number of carbonyl (C=O) groups excluding carboxylic acids is 2. The molecule has 0 spiro atoms. The van der Waals surface area contributed by atoms with Gasteiger partial charge in [-0.2, -0.15) is 0 Å². The lowest BCUT2D eigenvalue weighted by Gasteiger charge is -2.32. The lowest BCUT2D eigenvalue weighted by Crippen LogP contribution is -2.51. The van der Waals surface area contributed by atoms with Gasteiger partial charge < -0.3 is 15.0 Å². The standard InChI is InChI=1S/C31H39N3O5S/c1-6-19-32-31(36)24(4)33(21-25-11-10-13-27(20-25)39-5)30(35)22-34(29-14-9-8-12-26(29)7-2)40(37,38)28-17-15-23(3)16-18-28/h8-18,20,24H,6-7,19,21-22H2,1-5H3,(H,32,36)/t24-/m1/s1. The van der Waals surface area contributed by atoms with Gasteiger partial charge in [0, 0.05) is 13.1 Å². The van der Waals surface area contributed by atoms with Crippen LogP contribution in [-0.4, -0.2) is 51.4 Å². The van der Waals surface area contributed by atoms with Crippen molar-refractivity contribution < 1.29 is 22.7 Å². The summed E-state index contributed by atoms with van der Waals surface area (Å²) in [5.41, 5.74) is 2.90. The second-order valence-electron chi connectivity index (χ2n) is 9.65. The molecule has 1 atom stereocenters. The third-order valence-electron chi connectivity index (χ3n) is 6.73. The van der Waals surface area contributed by atoms with Gasteiger partial charge in [-0.05, 0) is 68.1 Å². The third kappa shape index (κ3) is 7.41. The molecule has 9 heteroatoms. The van der Waals surface area contributed by atoms with E-state index in [1.807, 2.05) is 45.0 Å². The summed E-state index contributed by atoms with van der Waals surface area (Å²) in [6, 6.07) is 20.1. The number of rotatable bonds is 13. The van der Waals surface area contributed by atoms with E-state index < -0.39 is 28.5 Å². The van der Waals surface area contributed by atoms with Crippen LogP contribution in [0, 0.1) is 6.92 Å². The Labute approximate surface area is 238 Å². The highest BCUT2D eigenvalue weighted by molar-refractivity contribution is 7.92. The van der Waals surface area contributed by atoms with E-state index in [-0.39, 0.29) is 17.3 Å². The maximum atomic E-state index is 14.0. The fourth-order valence-electron chi connectivity index (χ4n) is 4.35. The van der Waals surface area contributed by atoms with Crippen molar-refractivity contribution in [1.82, 2.24) is 10.2 Å². The molecule has 0 saturated heterocycles. The number of aryl methyl sites for hydroxylation is 2. The van der Waals surface area contributed by atoms with E-state index >= 15 is 0 Å². The number of sulfonamides is 1. The molecule has 40 heavy (non-hydrogen) atoms. The Morgan fingerprint density at radius 1 is 0.975 bits per heavy atom. The molecule has 0 aliphatic rings. The van der Waals surface area contributed by atoms with E-state index in [2.05, 4.69) is 5.32 Å². The van der Waals surface area contributed by atoms with E-state index in [4.69, 9.17) is 4.74 Å². The number of carbonyl (C=O) groups is 2. The predicted octanol–water partition coefficient (Wildman–Crippen LogP) is 4.70. The number of hydrogen-bond donors (Lipinski definition) is 1. The van der Waals surface area contributed by atoms with E-state index in [1.165, 1.54) is 4.90 Å². The molecule has 3 aromatic carbocycles. The summed E-state index contributed by atoms with van der Waals surface area (Å²) in [4.78, 5) is 28.6. The highest BCUT2D eigenvalue weighted by atomic mass is 32.2. The van der Waals surface area contributed by atoms with E-state index in [0.29, 0.717) is 24.4 Å². The Morgan fingerprint density at radius 2 is 1.68 bits per heavy atom. The summed E-state index contributed by atoms with van der Waals surface area (Å²) in [5.74, 6) is -0.183. The van der Waals surface area contributed by atoms with E-state index in [9.17, 15) is 18.0 Å². The van der Waals surface area contributed by atoms with Crippen molar-refractivity contribution in [3.8, 4) is 5.75 Å². The molecule has 3 aromatic rings. The van der Waals surface area contributed by atoms with Crippen LogP contribution in [0.3, 0.4) is 0 Å². The van der Waals surface area contributed by atoms with Crippen LogP contribution in [-0.2, 0) is 32.6 Å². The maximum Gasteiger partial charge on any atom is 0.264 e. The minimum atomic E-state index is -4.11. The molecule has 0 aromatic heterocycles. The fraction of sp³-hybridized carbons (Fsp3) is 0.355. The predicted molar refractivity (Wildman–Crippen MR) is 158 cm³/mol. The molecule has 0 aliphatic carbocycles. The van der Waals surface area contributed by atoms with Crippen molar-refractivity contribution >= 4 is 27.5 Å². The average molecular weight is 566 g/mol. The number of nitrogens with zero attached hydrogens (tertiary/aromatic N) is 2. The number of ether oxygens (including phenoxy) is 1. The molecule has 3 rings (SSSR count). The van der Waals surface area contributed by atoms with Gasteiger partial charge in [0.05, 0.1) is 17.7 Å². The highest BCUT2D eigenvalue weighted by Crippen LogP contribution is 2.28. The molecular formula is C31H39N3O5S. The Morgan fingerprint density at radius 3 is 2.33 bits per heavy atom. The third-order valence-corrected chi connectivity index (χ3v) is 8.51. The summed E-state index contributed by atoms with van der Waals surface area (Å²) in [6.07, 6.45) is 1.33. The number of methoxy groups -OCH3 is 1. The second-order valence-corrected chi connectivity index (χ2v) is 11.5. The number of anilines is 1. The van der Waals surface area contributed by atoms with Crippen LogP contribution in [0.15, 0.2) is 77.7 Å². The first kappa shape index (κ1) is 30.7. The molecule has 0 unspecified atom stereocenters. The van der Waals surface area contributed by atoms with Gasteiger partial charge in [0.2, 0.25) is 11.8 Å². The first-order chi connectivity index (χ1) is 19.1. The zero-order valence-corrected chi connectivity index (χ0v) is 24.7. The normalized spacial score (nSPS) is 11.9. The van der Waals surface area contributed by atoms with Crippen LogP contribution in [0.1, 0.15) is 43.9 Å². The summed E-state index contributed by atoms with van der Waals surface area (Å²) >= 11 is 0. The minimum absolute atomic E-state index is 0.0879. The second kappa shape index (κ2) is 14.0. The molecule has 0 radical (unpaired) electrons. The molecule has 214 valence electrons. The van der Waals surface area contributed by atoms with Crippen LogP contribution in [0.5, 0.6) is 5.75 Å². The zero-order valence-electron chi connectivity index (χ0n) is 23.9. The monoisotopic (exact) mass is 565 g/mol. The number of amides is 2. The first-order valence-electron chi connectivity index (χ1n) is 13.5. The Kier molecular flexibility index (Phi) is 10.7. The van der Waals surface area contributed by atoms with Crippen molar-refractivity contribution in [1.29, 1.82) is 0 Å². The SMILES string of the molecule is CCCNC(=O)[C@@H](C)N(Cc1cccc(OC)c1)C(=O)CN(c1ccccc1CC)S(=O)(=O)c1ccc(C)cc1. The van der Waals surface area contributed by atoms with Gasteiger partial charge in [0.25, 0.3) is 10.0 Å². The number of benzene rings is 3. The topological polar surface area (TPSA) is 96.0 Å². The molecule has 0 aliphatic heterocycles. The van der Waals surface area contributed by atoms with Gasteiger partial charge in [-0.1, -0.05) is 61.9 Å². The Bertz CT molecular complexity index is 1410. The molecule has 8 nitrogen and oxygen atoms in total.